The van der Waals surface area contributed by atoms with Crippen LogP contribution < -0.4 is 0 Å². The summed E-state index contributed by atoms with van der Waals surface area (Å²) in [5.41, 5.74) is 0.458. The molecule has 1 saturated heterocycles. The molecule has 0 spiro atoms. The predicted octanol–water partition coefficient (Wildman–Crippen LogP) is 2.76. The van der Waals surface area contributed by atoms with E-state index in [2.05, 4.69) is 0 Å². The lowest BCUT2D eigenvalue weighted by Crippen LogP contribution is -2.36. The highest BCUT2D eigenvalue weighted by Gasteiger charge is 2.35. The zero-order valence-electron chi connectivity index (χ0n) is 13.1. The van der Waals surface area contributed by atoms with Crippen molar-refractivity contribution >= 4 is 17.6 Å². The Balaban J connectivity index is 1.83. The Kier molecular flexibility index (Phi) is 4.98. The number of carbonyl (C=O) groups excluding carboxylic acids is 2. The van der Waals surface area contributed by atoms with E-state index >= 15 is 0 Å². The largest absolute Gasteiger partial charge is 0.462 e. The molecule has 1 fully saturated rings. The highest BCUT2D eigenvalue weighted by Crippen LogP contribution is 2.34. The van der Waals surface area contributed by atoms with Crippen LogP contribution in [0.2, 0.25) is 0 Å². The number of esters is 2. The molecule has 1 aliphatic heterocycles. The number of nitro groups is 1. The highest BCUT2D eigenvalue weighted by molar-refractivity contribution is 5.74. The summed E-state index contributed by atoms with van der Waals surface area (Å²) >= 11 is 0. The summed E-state index contributed by atoms with van der Waals surface area (Å²) in [6.45, 7) is 3.95. The molecular weight excluding hydrogens is 302 g/mol. The van der Waals surface area contributed by atoms with Gasteiger partial charge in [-0.1, -0.05) is 13.8 Å². The first kappa shape index (κ1) is 16.9. The molecule has 7 heteroatoms. The van der Waals surface area contributed by atoms with E-state index in [1.165, 1.54) is 24.3 Å². The van der Waals surface area contributed by atoms with E-state index in [0.29, 0.717) is 18.4 Å². The van der Waals surface area contributed by atoms with Crippen LogP contribution in [0.1, 0.15) is 38.7 Å². The fraction of sp³-hybridized carbons (Fsp3) is 0.500. The van der Waals surface area contributed by atoms with Crippen molar-refractivity contribution < 1.29 is 24.0 Å². The average Bonchev–Trinajstić information content (AvgIpc) is 2.43. The van der Waals surface area contributed by atoms with Crippen LogP contribution in [-0.4, -0.2) is 23.0 Å². The Labute approximate surface area is 133 Å². The number of cyclic esters (lactones) is 1. The topological polar surface area (TPSA) is 95.7 Å². The molecule has 0 amide bonds. The number of hydrogen-bond donors (Lipinski definition) is 0. The standard InChI is InChI=1S/C16H19NO6/c1-16(2)8-13(23-15(19)9-16)7-14(18)22-10-11-3-5-12(6-4-11)17(20)21/h3-6,13H,7-10H2,1-2H3. The summed E-state index contributed by atoms with van der Waals surface area (Å²) in [7, 11) is 0. The van der Waals surface area contributed by atoms with E-state index < -0.39 is 17.0 Å². The number of non-ortho nitro benzene ring substituents is 1. The molecule has 1 aromatic carbocycles. The van der Waals surface area contributed by atoms with Gasteiger partial charge in [0.1, 0.15) is 12.7 Å². The van der Waals surface area contributed by atoms with Gasteiger partial charge >= 0.3 is 11.9 Å². The Morgan fingerprint density at radius 3 is 2.61 bits per heavy atom. The van der Waals surface area contributed by atoms with Crippen LogP contribution in [-0.2, 0) is 25.7 Å². The number of nitro benzene ring substituents is 1. The van der Waals surface area contributed by atoms with Crippen LogP contribution in [0.3, 0.4) is 0 Å². The summed E-state index contributed by atoms with van der Waals surface area (Å²) in [5, 5.41) is 10.6. The van der Waals surface area contributed by atoms with Crippen molar-refractivity contribution in [1.29, 1.82) is 0 Å². The second-order valence-corrected chi connectivity index (χ2v) is 6.45. The maximum atomic E-state index is 11.9. The van der Waals surface area contributed by atoms with Gasteiger partial charge in [-0.2, -0.15) is 0 Å². The molecule has 7 nitrogen and oxygen atoms in total. The second kappa shape index (κ2) is 6.76. The quantitative estimate of drug-likeness (QED) is 0.470. The van der Waals surface area contributed by atoms with Crippen molar-refractivity contribution in [3.63, 3.8) is 0 Å². The fourth-order valence-electron chi connectivity index (χ4n) is 2.58. The lowest BCUT2D eigenvalue weighted by molar-refractivity contribution is -0.384. The molecule has 1 atom stereocenters. The maximum Gasteiger partial charge on any atom is 0.309 e. The number of benzene rings is 1. The number of ether oxygens (including phenoxy) is 2. The van der Waals surface area contributed by atoms with E-state index in [1.54, 1.807) is 0 Å². The normalized spacial score (nSPS) is 19.7. The third-order valence-electron chi connectivity index (χ3n) is 3.64. The number of hydrogen-bond acceptors (Lipinski definition) is 6. The van der Waals surface area contributed by atoms with Gasteiger partial charge in [-0.05, 0) is 29.5 Å². The Morgan fingerprint density at radius 2 is 2.04 bits per heavy atom. The zero-order chi connectivity index (χ0) is 17.0. The molecule has 0 radical (unpaired) electrons. The lowest BCUT2D eigenvalue weighted by atomic mass is 9.81. The fourth-order valence-corrected chi connectivity index (χ4v) is 2.58. The molecule has 0 aliphatic carbocycles. The van der Waals surface area contributed by atoms with Gasteiger partial charge in [-0.3, -0.25) is 19.7 Å². The minimum atomic E-state index is -0.491. The van der Waals surface area contributed by atoms with Gasteiger partial charge in [-0.25, -0.2) is 0 Å². The Morgan fingerprint density at radius 1 is 1.39 bits per heavy atom. The molecule has 0 bridgehead atoms. The van der Waals surface area contributed by atoms with E-state index in [9.17, 15) is 19.7 Å². The Hall–Kier alpha value is -2.44. The zero-order valence-corrected chi connectivity index (χ0v) is 13.1. The van der Waals surface area contributed by atoms with Gasteiger partial charge in [0, 0.05) is 12.1 Å². The minimum absolute atomic E-state index is 0.0160. The van der Waals surface area contributed by atoms with E-state index in [-0.39, 0.29) is 30.1 Å². The van der Waals surface area contributed by atoms with Gasteiger partial charge in [0.15, 0.2) is 0 Å². The number of carbonyl (C=O) groups is 2. The predicted molar refractivity (Wildman–Crippen MR) is 80.4 cm³/mol. The number of rotatable bonds is 5. The summed E-state index contributed by atoms with van der Waals surface area (Å²) in [6, 6.07) is 5.79. The monoisotopic (exact) mass is 321 g/mol. The molecule has 0 saturated carbocycles. The first-order chi connectivity index (χ1) is 10.7. The maximum absolute atomic E-state index is 11.9. The number of nitrogens with zero attached hydrogens (tertiary/aromatic N) is 1. The summed E-state index contributed by atoms with van der Waals surface area (Å²) in [5.74, 6) is -0.756. The molecule has 1 heterocycles. The molecule has 1 unspecified atom stereocenters. The van der Waals surface area contributed by atoms with E-state index in [4.69, 9.17) is 9.47 Å². The van der Waals surface area contributed by atoms with Crippen LogP contribution >= 0.6 is 0 Å². The third kappa shape index (κ3) is 5.05. The molecule has 0 aromatic heterocycles. The first-order valence-corrected chi connectivity index (χ1v) is 7.34. The van der Waals surface area contributed by atoms with Gasteiger partial charge in [0.05, 0.1) is 17.8 Å². The second-order valence-electron chi connectivity index (χ2n) is 6.45. The van der Waals surface area contributed by atoms with Gasteiger partial charge in [0.25, 0.3) is 5.69 Å². The summed E-state index contributed by atoms with van der Waals surface area (Å²) in [6.07, 6.45) is 0.519. The molecule has 1 aromatic rings. The minimum Gasteiger partial charge on any atom is -0.462 e. The first-order valence-electron chi connectivity index (χ1n) is 7.34. The molecular formula is C16H19NO6. The van der Waals surface area contributed by atoms with Gasteiger partial charge < -0.3 is 9.47 Å². The molecule has 2 rings (SSSR count). The third-order valence-corrected chi connectivity index (χ3v) is 3.64. The highest BCUT2D eigenvalue weighted by atomic mass is 16.6. The van der Waals surface area contributed by atoms with Gasteiger partial charge in [0.2, 0.25) is 0 Å². The van der Waals surface area contributed by atoms with Crippen LogP contribution in [0.4, 0.5) is 5.69 Å². The van der Waals surface area contributed by atoms with Crippen LogP contribution in [0.25, 0.3) is 0 Å². The van der Waals surface area contributed by atoms with Crippen LogP contribution in [0.5, 0.6) is 0 Å². The smallest absolute Gasteiger partial charge is 0.309 e. The van der Waals surface area contributed by atoms with Crippen molar-refractivity contribution in [2.75, 3.05) is 0 Å². The van der Waals surface area contributed by atoms with Gasteiger partial charge in [-0.15, -0.1) is 0 Å². The lowest BCUT2D eigenvalue weighted by Gasteiger charge is -2.33. The SMILES string of the molecule is CC1(C)CC(=O)OC(CC(=O)OCc2ccc([N+](=O)[O-])cc2)C1. The molecule has 124 valence electrons. The Bertz CT molecular complexity index is 608. The van der Waals surface area contributed by atoms with Crippen LogP contribution in [0, 0.1) is 15.5 Å². The molecule has 1 aliphatic rings. The van der Waals surface area contributed by atoms with Crippen molar-refractivity contribution in [2.24, 2.45) is 5.41 Å². The summed E-state index contributed by atoms with van der Waals surface area (Å²) < 4.78 is 10.3. The summed E-state index contributed by atoms with van der Waals surface area (Å²) in [4.78, 5) is 33.4. The van der Waals surface area contributed by atoms with E-state index in [1.807, 2.05) is 13.8 Å². The van der Waals surface area contributed by atoms with Crippen molar-refractivity contribution in [2.45, 2.75) is 45.8 Å². The van der Waals surface area contributed by atoms with Crippen molar-refractivity contribution in [3.05, 3.63) is 39.9 Å². The van der Waals surface area contributed by atoms with Crippen molar-refractivity contribution in [3.8, 4) is 0 Å². The van der Waals surface area contributed by atoms with Crippen LogP contribution in [0.15, 0.2) is 24.3 Å². The van der Waals surface area contributed by atoms with E-state index in [0.717, 1.165) is 0 Å². The molecule has 0 N–H and O–H groups in total. The average molecular weight is 321 g/mol. The van der Waals surface area contributed by atoms with Crippen molar-refractivity contribution in [1.82, 2.24) is 0 Å². The molecule has 23 heavy (non-hydrogen) atoms.